The van der Waals surface area contributed by atoms with Gasteiger partial charge >= 0.3 is 0 Å². The first kappa shape index (κ1) is 17.3. The number of aryl methyl sites for hydroxylation is 1. The Kier molecular flexibility index (Phi) is 5.74. The average Bonchev–Trinajstić information content (AvgIpc) is 2.60. The lowest BCUT2D eigenvalue weighted by atomic mass is 9.96. The maximum Gasteiger partial charge on any atom is 0.269 e. The zero-order valence-electron chi connectivity index (χ0n) is 13.6. The summed E-state index contributed by atoms with van der Waals surface area (Å²) in [5, 5.41) is 19.9. The molecule has 6 heteroatoms. The van der Waals surface area contributed by atoms with Crippen LogP contribution in [0, 0.1) is 21.4 Å². The fourth-order valence-electron chi connectivity index (χ4n) is 2.65. The number of hydrogen-bond donors (Lipinski definition) is 0. The summed E-state index contributed by atoms with van der Waals surface area (Å²) >= 11 is 0. The predicted molar refractivity (Wildman–Crippen MR) is 89.4 cm³/mol. The van der Waals surface area contributed by atoms with Crippen molar-refractivity contribution >= 4 is 5.69 Å². The molecule has 2 aromatic rings. The van der Waals surface area contributed by atoms with E-state index in [1.807, 2.05) is 12.1 Å². The Bertz CT molecular complexity index is 781. The number of methoxy groups -OCH3 is 2. The summed E-state index contributed by atoms with van der Waals surface area (Å²) in [6.45, 7) is 0. The third-order valence-corrected chi connectivity index (χ3v) is 3.80. The fraction of sp³-hybridized carbons (Fsp3) is 0.278. The Morgan fingerprint density at radius 3 is 2.58 bits per heavy atom. The summed E-state index contributed by atoms with van der Waals surface area (Å²) < 4.78 is 10.8. The minimum Gasteiger partial charge on any atom is -0.493 e. The van der Waals surface area contributed by atoms with Gasteiger partial charge < -0.3 is 9.47 Å². The molecule has 0 saturated heterocycles. The van der Waals surface area contributed by atoms with E-state index in [9.17, 15) is 10.1 Å². The van der Waals surface area contributed by atoms with E-state index in [1.54, 1.807) is 32.4 Å². The SMILES string of the molecule is COc1ccc(CC#N)c(CCc2cccc([N+](=O)[O-])c2)c1OC. The van der Waals surface area contributed by atoms with Crippen molar-refractivity contribution in [1.29, 1.82) is 5.26 Å². The van der Waals surface area contributed by atoms with Crippen molar-refractivity contribution in [2.45, 2.75) is 19.3 Å². The number of nitrogens with zero attached hydrogens (tertiary/aromatic N) is 2. The zero-order chi connectivity index (χ0) is 17.5. The maximum atomic E-state index is 10.9. The van der Waals surface area contributed by atoms with Crippen LogP contribution in [-0.4, -0.2) is 19.1 Å². The van der Waals surface area contributed by atoms with E-state index in [4.69, 9.17) is 14.7 Å². The molecule has 0 N–H and O–H groups in total. The van der Waals surface area contributed by atoms with Crippen LogP contribution in [-0.2, 0) is 19.3 Å². The Morgan fingerprint density at radius 1 is 1.17 bits per heavy atom. The van der Waals surface area contributed by atoms with E-state index >= 15 is 0 Å². The molecule has 0 heterocycles. The first-order chi connectivity index (χ1) is 11.6. The van der Waals surface area contributed by atoms with Gasteiger partial charge in [0.25, 0.3) is 5.69 Å². The normalized spacial score (nSPS) is 10.0. The van der Waals surface area contributed by atoms with Crippen LogP contribution in [0.15, 0.2) is 36.4 Å². The van der Waals surface area contributed by atoms with Crippen molar-refractivity contribution in [2.75, 3.05) is 14.2 Å². The number of ether oxygens (including phenoxy) is 2. The van der Waals surface area contributed by atoms with Crippen LogP contribution in [0.25, 0.3) is 0 Å². The summed E-state index contributed by atoms with van der Waals surface area (Å²) in [5.41, 5.74) is 2.70. The maximum absolute atomic E-state index is 10.9. The predicted octanol–water partition coefficient (Wildman–Crippen LogP) is 3.46. The van der Waals surface area contributed by atoms with Crippen LogP contribution in [0.2, 0.25) is 0 Å². The fourth-order valence-corrected chi connectivity index (χ4v) is 2.65. The summed E-state index contributed by atoms with van der Waals surface area (Å²) in [4.78, 5) is 10.5. The third-order valence-electron chi connectivity index (χ3n) is 3.80. The van der Waals surface area contributed by atoms with E-state index in [1.165, 1.54) is 6.07 Å². The molecule has 0 radical (unpaired) electrons. The zero-order valence-corrected chi connectivity index (χ0v) is 13.6. The quantitative estimate of drug-likeness (QED) is 0.574. The Labute approximate surface area is 140 Å². The number of non-ortho nitro benzene ring substituents is 1. The molecule has 0 saturated carbocycles. The topological polar surface area (TPSA) is 85.4 Å². The number of nitro benzene ring substituents is 1. The van der Waals surface area contributed by atoms with Crippen molar-refractivity contribution in [2.24, 2.45) is 0 Å². The van der Waals surface area contributed by atoms with Crippen LogP contribution in [0.1, 0.15) is 16.7 Å². The number of hydrogen-bond acceptors (Lipinski definition) is 5. The molecule has 0 bridgehead atoms. The average molecular weight is 326 g/mol. The van der Waals surface area contributed by atoms with Gasteiger partial charge in [-0.1, -0.05) is 18.2 Å². The second kappa shape index (κ2) is 7.97. The minimum absolute atomic E-state index is 0.0716. The van der Waals surface area contributed by atoms with E-state index in [2.05, 4.69) is 6.07 Å². The van der Waals surface area contributed by atoms with Crippen molar-refractivity contribution in [3.05, 3.63) is 63.2 Å². The highest BCUT2D eigenvalue weighted by atomic mass is 16.6. The summed E-state index contributed by atoms with van der Waals surface area (Å²) in [5.74, 6) is 1.21. The summed E-state index contributed by atoms with van der Waals surface area (Å²) in [6, 6.07) is 12.3. The van der Waals surface area contributed by atoms with Gasteiger partial charge in [-0.25, -0.2) is 0 Å². The summed E-state index contributed by atoms with van der Waals surface area (Å²) in [7, 11) is 3.12. The number of nitriles is 1. The van der Waals surface area contributed by atoms with Crippen LogP contribution in [0.3, 0.4) is 0 Å². The molecule has 0 aliphatic carbocycles. The van der Waals surface area contributed by atoms with Gasteiger partial charge in [0.1, 0.15) is 0 Å². The second-order valence-corrected chi connectivity index (χ2v) is 5.20. The Balaban J connectivity index is 2.32. The Morgan fingerprint density at radius 2 is 1.96 bits per heavy atom. The Hall–Kier alpha value is -3.07. The summed E-state index contributed by atoms with van der Waals surface area (Å²) in [6.07, 6.45) is 1.47. The third kappa shape index (κ3) is 3.82. The smallest absolute Gasteiger partial charge is 0.269 e. The lowest BCUT2D eigenvalue weighted by Crippen LogP contribution is -2.03. The molecule has 0 aliphatic rings. The standard InChI is InChI=1S/C18H18N2O4/c1-23-17-9-7-14(10-11-19)16(18(17)24-2)8-6-13-4-3-5-15(12-13)20(21)22/h3-5,7,9,12H,6,8,10H2,1-2H3. The van der Waals surface area contributed by atoms with E-state index in [-0.39, 0.29) is 12.1 Å². The van der Waals surface area contributed by atoms with Gasteiger partial charge in [0.05, 0.1) is 31.6 Å². The van der Waals surface area contributed by atoms with Crippen LogP contribution in [0.5, 0.6) is 11.5 Å². The molecule has 6 nitrogen and oxygen atoms in total. The number of nitro groups is 1. The number of benzene rings is 2. The number of rotatable bonds is 7. The molecule has 0 atom stereocenters. The van der Waals surface area contributed by atoms with Gasteiger partial charge in [-0.15, -0.1) is 0 Å². The minimum atomic E-state index is -0.406. The van der Waals surface area contributed by atoms with E-state index in [0.717, 1.165) is 16.7 Å². The molecule has 2 aromatic carbocycles. The molecule has 0 aliphatic heterocycles. The molecule has 0 unspecified atom stereocenters. The van der Waals surface area contributed by atoms with Crippen molar-refractivity contribution in [1.82, 2.24) is 0 Å². The molecule has 124 valence electrons. The first-order valence-electron chi connectivity index (χ1n) is 7.43. The van der Waals surface area contributed by atoms with Crippen molar-refractivity contribution < 1.29 is 14.4 Å². The van der Waals surface area contributed by atoms with Gasteiger partial charge in [0.2, 0.25) is 0 Å². The van der Waals surface area contributed by atoms with E-state index < -0.39 is 4.92 Å². The highest BCUT2D eigenvalue weighted by molar-refractivity contribution is 5.52. The monoisotopic (exact) mass is 326 g/mol. The van der Waals surface area contributed by atoms with Gasteiger partial charge in [0, 0.05) is 17.7 Å². The molecule has 2 rings (SSSR count). The van der Waals surface area contributed by atoms with Gasteiger partial charge in [-0.3, -0.25) is 10.1 Å². The van der Waals surface area contributed by atoms with Gasteiger partial charge in [-0.05, 0) is 30.0 Å². The molecule has 24 heavy (non-hydrogen) atoms. The molecule has 0 amide bonds. The van der Waals surface area contributed by atoms with Gasteiger partial charge in [0.15, 0.2) is 11.5 Å². The van der Waals surface area contributed by atoms with Crippen molar-refractivity contribution in [3.63, 3.8) is 0 Å². The van der Waals surface area contributed by atoms with Crippen LogP contribution >= 0.6 is 0 Å². The van der Waals surface area contributed by atoms with Crippen LogP contribution in [0.4, 0.5) is 5.69 Å². The largest absolute Gasteiger partial charge is 0.493 e. The molecular formula is C18H18N2O4. The molecular weight excluding hydrogens is 308 g/mol. The van der Waals surface area contributed by atoms with E-state index in [0.29, 0.717) is 24.3 Å². The molecule has 0 spiro atoms. The lowest BCUT2D eigenvalue weighted by Gasteiger charge is -2.16. The lowest BCUT2D eigenvalue weighted by molar-refractivity contribution is -0.384. The second-order valence-electron chi connectivity index (χ2n) is 5.20. The highest BCUT2D eigenvalue weighted by Crippen LogP contribution is 2.34. The highest BCUT2D eigenvalue weighted by Gasteiger charge is 2.15. The van der Waals surface area contributed by atoms with Crippen LogP contribution < -0.4 is 9.47 Å². The van der Waals surface area contributed by atoms with Gasteiger partial charge in [-0.2, -0.15) is 5.26 Å². The molecule has 0 aromatic heterocycles. The first-order valence-corrected chi connectivity index (χ1v) is 7.43. The molecule has 0 fully saturated rings. The van der Waals surface area contributed by atoms with Crippen molar-refractivity contribution in [3.8, 4) is 17.6 Å².